The fourth-order valence-corrected chi connectivity index (χ4v) is 3.01. The van der Waals surface area contributed by atoms with E-state index >= 15 is 0 Å². The number of methoxy groups -OCH3 is 2. The highest BCUT2D eigenvalue weighted by atomic mass is 35.5. The molecule has 1 aliphatic heterocycles. The molecule has 0 saturated carbocycles. The average Bonchev–Trinajstić information content (AvgIpc) is 2.70. The molecule has 8 heteroatoms. The SMILES string of the molecule is COc1cc2c(cc1OC)CN(C(=O)COC(=O)c1ccc(Cl)nc1)CC2. The largest absolute Gasteiger partial charge is 0.493 e. The summed E-state index contributed by atoms with van der Waals surface area (Å²) in [6.07, 6.45) is 2.00. The summed E-state index contributed by atoms with van der Waals surface area (Å²) in [6, 6.07) is 6.80. The lowest BCUT2D eigenvalue weighted by Crippen LogP contribution is -2.38. The van der Waals surface area contributed by atoms with Gasteiger partial charge in [0.05, 0.1) is 19.8 Å². The number of carbonyl (C=O) groups is 2. The Bertz CT molecular complexity index is 854. The number of halogens is 1. The van der Waals surface area contributed by atoms with Crippen molar-refractivity contribution in [2.24, 2.45) is 0 Å². The van der Waals surface area contributed by atoms with Crippen LogP contribution in [0.15, 0.2) is 30.5 Å². The number of amides is 1. The third-order valence-electron chi connectivity index (χ3n) is 4.36. The Balaban J connectivity index is 1.62. The van der Waals surface area contributed by atoms with Crippen molar-refractivity contribution >= 4 is 23.5 Å². The molecule has 0 aliphatic carbocycles. The molecule has 0 fully saturated rings. The number of fused-ring (bicyclic) bond motifs is 1. The molecule has 0 spiro atoms. The maximum atomic E-state index is 12.4. The van der Waals surface area contributed by atoms with E-state index in [0.717, 1.165) is 11.1 Å². The zero-order valence-corrected chi connectivity index (χ0v) is 15.8. The van der Waals surface area contributed by atoms with Gasteiger partial charge < -0.3 is 19.1 Å². The molecule has 27 heavy (non-hydrogen) atoms. The molecule has 7 nitrogen and oxygen atoms in total. The first-order chi connectivity index (χ1) is 13.0. The lowest BCUT2D eigenvalue weighted by Gasteiger charge is -2.29. The smallest absolute Gasteiger partial charge is 0.340 e. The van der Waals surface area contributed by atoms with Crippen LogP contribution in [0.2, 0.25) is 5.15 Å². The van der Waals surface area contributed by atoms with Crippen molar-refractivity contribution < 1.29 is 23.8 Å². The Kier molecular flexibility index (Phi) is 5.81. The summed E-state index contributed by atoms with van der Waals surface area (Å²) in [5.74, 6) is 0.413. The third kappa shape index (κ3) is 4.31. The number of ether oxygens (including phenoxy) is 3. The molecule has 3 rings (SSSR count). The number of pyridine rings is 1. The normalized spacial score (nSPS) is 12.9. The van der Waals surface area contributed by atoms with Crippen molar-refractivity contribution in [2.75, 3.05) is 27.4 Å². The fourth-order valence-electron chi connectivity index (χ4n) is 2.89. The lowest BCUT2D eigenvalue weighted by molar-refractivity contribution is -0.135. The van der Waals surface area contributed by atoms with Gasteiger partial charge in [-0.2, -0.15) is 0 Å². The Morgan fingerprint density at radius 1 is 1.15 bits per heavy atom. The van der Waals surface area contributed by atoms with E-state index in [1.165, 1.54) is 18.3 Å². The van der Waals surface area contributed by atoms with Crippen molar-refractivity contribution in [3.63, 3.8) is 0 Å². The zero-order chi connectivity index (χ0) is 19.4. The number of esters is 1. The summed E-state index contributed by atoms with van der Waals surface area (Å²) in [5.41, 5.74) is 2.34. The van der Waals surface area contributed by atoms with E-state index in [4.69, 9.17) is 25.8 Å². The van der Waals surface area contributed by atoms with Crippen LogP contribution in [0.4, 0.5) is 0 Å². The number of hydrogen-bond donors (Lipinski definition) is 0. The van der Waals surface area contributed by atoms with Crippen LogP contribution < -0.4 is 9.47 Å². The number of benzene rings is 1. The van der Waals surface area contributed by atoms with E-state index in [2.05, 4.69) is 4.98 Å². The molecule has 0 N–H and O–H groups in total. The molecule has 0 unspecified atom stereocenters. The number of hydrogen-bond acceptors (Lipinski definition) is 6. The standard InChI is InChI=1S/C19H19ClN2O5/c1-25-15-7-12-5-6-22(10-14(12)8-16(15)26-2)18(23)11-27-19(24)13-3-4-17(20)21-9-13/h3-4,7-9H,5-6,10-11H2,1-2H3. The van der Waals surface area contributed by atoms with Crippen LogP contribution in [0.5, 0.6) is 11.5 Å². The van der Waals surface area contributed by atoms with Crippen molar-refractivity contribution in [3.8, 4) is 11.5 Å². The minimum absolute atomic E-state index is 0.244. The van der Waals surface area contributed by atoms with E-state index in [-0.39, 0.29) is 23.2 Å². The van der Waals surface area contributed by atoms with Gasteiger partial charge in [-0.15, -0.1) is 0 Å². The Morgan fingerprint density at radius 2 is 1.85 bits per heavy atom. The van der Waals surface area contributed by atoms with Gasteiger partial charge in [0.2, 0.25) is 0 Å². The second kappa shape index (κ2) is 8.26. The topological polar surface area (TPSA) is 78.0 Å². The lowest BCUT2D eigenvalue weighted by atomic mass is 9.99. The second-order valence-corrected chi connectivity index (χ2v) is 6.37. The number of rotatable bonds is 5. The molecule has 142 valence electrons. The van der Waals surface area contributed by atoms with Crippen LogP contribution >= 0.6 is 11.6 Å². The molecule has 0 atom stereocenters. The van der Waals surface area contributed by atoms with Gasteiger partial charge in [-0.3, -0.25) is 4.79 Å². The van der Waals surface area contributed by atoms with Gasteiger partial charge in [0.25, 0.3) is 5.91 Å². The minimum atomic E-state index is -0.615. The number of aromatic nitrogens is 1. The quantitative estimate of drug-likeness (QED) is 0.576. The maximum absolute atomic E-state index is 12.4. The van der Waals surface area contributed by atoms with E-state index in [0.29, 0.717) is 31.0 Å². The van der Waals surface area contributed by atoms with Gasteiger partial charge in [0, 0.05) is 19.3 Å². The van der Waals surface area contributed by atoms with E-state index in [9.17, 15) is 9.59 Å². The van der Waals surface area contributed by atoms with Crippen LogP contribution in [0.25, 0.3) is 0 Å². The predicted molar refractivity (Wildman–Crippen MR) is 98.2 cm³/mol. The molecule has 1 aromatic heterocycles. The van der Waals surface area contributed by atoms with Crippen LogP contribution in [0.1, 0.15) is 21.5 Å². The van der Waals surface area contributed by atoms with Crippen LogP contribution in [0.3, 0.4) is 0 Å². The molecule has 1 aromatic carbocycles. The molecular formula is C19H19ClN2O5. The van der Waals surface area contributed by atoms with Crippen LogP contribution in [-0.2, 0) is 22.5 Å². The van der Waals surface area contributed by atoms with Crippen molar-refractivity contribution in [2.45, 2.75) is 13.0 Å². The molecule has 0 bridgehead atoms. The Hall–Kier alpha value is -2.80. The average molecular weight is 391 g/mol. The zero-order valence-electron chi connectivity index (χ0n) is 15.0. The van der Waals surface area contributed by atoms with E-state index in [1.807, 2.05) is 12.1 Å². The highest BCUT2D eigenvalue weighted by Gasteiger charge is 2.23. The fraction of sp³-hybridized carbons (Fsp3) is 0.316. The Labute approximate surface area is 161 Å². The molecule has 1 aliphatic rings. The van der Waals surface area contributed by atoms with E-state index < -0.39 is 5.97 Å². The summed E-state index contributed by atoms with van der Waals surface area (Å²) in [5, 5.41) is 0.279. The summed E-state index contributed by atoms with van der Waals surface area (Å²) >= 11 is 5.69. The van der Waals surface area contributed by atoms with Gasteiger partial charge in [0.1, 0.15) is 5.15 Å². The van der Waals surface area contributed by atoms with Crippen molar-refractivity contribution in [1.82, 2.24) is 9.88 Å². The second-order valence-electron chi connectivity index (χ2n) is 5.99. The van der Waals surface area contributed by atoms with Gasteiger partial charge in [-0.05, 0) is 41.8 Å². The molecular weight excluding hydrogens is 372 g/mol. The predicted octanol–water partition coefficient (Wildman–Crippen LogP) is 2.49. The highest BCUT2D eigenvalue weighted by molar-refractivity contribution is 6.29. The van der Waals surface area contributed by atoms with Crippen molar-refractivity contribution in [3.05, 3.63) is 52.3 Å². The molecule has 0 radical (unpaired) electrons. The summed E-state index contributed by atoms with van der Waals surface area (Å²) in [7, 11) is 3.16. The summed E-state index contributed by atoms with van der Waals surface area (Å²) < 4.78 is 15.7. The monoisotopic (exact) mass is 390 g/mol. The molecule has 2 aromatic rings. The first kappa shape index (κ1) is 19.0. The molecule has 0 saturated heterocycles. The third-order valence-corrected chi connectivity index (χ3v) is 4.58. The number of nitrogens with zero attached hydrogens (tertiary/aromatic N) is 2. The van der Waals surface area contributed by atoms with Gasteiger partial charge in [0.15, 0.2) is 18.1 Å². The van der Waals surface area contributed by atoms with Gasteiger partial charge in [-0.1, -0.05) is 11.6 Å². The maximum Gasteiger partial charge on any atom is 0.340 e. The number of carbonyl (C=O) groups excluding carboxylic acids is 2. The molecule has 2 heterocycles. The summed E-state index contributed by atoms with van der Waals surface area (Å²) in [4.78, 5) is 29.9. The van der Waals surface area contributed by atoms with Crippen LogP contribution in [-0.4, -0.2) is 49.1 Å². The highest BCUT2D eigenvalue weighted by Crippen LogP contribution is 2.33. The summed E-state index contributed by atoms with van der Waals surface area (Å²) in [6.45, 7) is 0.639. The van der Waals surface area contributed by atoms with Crippen LogP contribution in [0, 0.1) is 0 Å². The van der Waals surface area contributed by atoms with Gasteiger partial charge >= 0.3 is 5.97 Å². The Morgan fingerprint density at radius 3 is 2.48 bits per heavy atom. The van der Waals surface area contributed by atoms with Gasteiger partial charge in [-0.25, -0.2) is 9.78 Å². The first-order valence-electron chi connectivity index (χ1n) is 8.32. The van der Waals surface area contributed by atoms with E-state index in [1.54, 1.807) is 19.1 Å². The molecule has 1 amide bonds. The first-order valence-corrected chi connectivity index (χ1v) is 8.70. The van der Waals surface area contributed by atoms with Crippen molar-refractivity contribution in [1.29, 1.82) is 0 Å². The minimum Gasteiger partial charge on any atom is -0.493 e.